The topological polar surface area (TPSA) is 58.8 Å². The molecule has 270 valence electrons. The van der Waals surface area contributed by atoms with Gasteiger partial charge < -0.3 is 4.74 Å². The molecule has 0 amide bonds. The molecule has 0 bridgehead atoms. The Hall–Kier alpha value is -7.87. The molecule has 8 aromatic carbocycles. The van der Waals surface area contributed by atoms with E-state index in [0.717, 1.165) is 73.0 Å². The largest absolute Gasteiger partial charge is 0.457 e. The zero-order valence-corrected chi connectivity index (χ0v) is 31.3. The Bertz CT molecular complexity index is 2970. The highest BCUT2D eigenvalue weighted by atomic mass is 16.5. The van der Waals surface area contributed by atoms with Crippen LogP contribution in [0.25, 0.3) is 67.3 Å². The lowest BCUT2D eigenvalue weighted by Crippen LogP contribution is -2.32. The molecule has 4 heteroatoms. The minimum atomic E-state index is -0.628. The van der Waals surface area contributed by atoms with Crippen LogP contribution in [0, 0.1) is 11.3 Å². The Morgan fingerprint density at radius 2 is 0.810 bits per heavy atom. The Balaban J connectivity index is 1.06. The predicted octanol–water partition coefficient (Wildman–Crippen LogP) is 13.2. The third-order valence-electron chi connectivity index (χ3n) is 11.6. The number of nitriles is 1. The monoisotopic (exact) mass is 739 g/mol. The van der Waals surface area contributed by atoms with Crippen LogP contribution in [0.2, 0.25) is 0 Å². The molecule has 2 aliphatic rings. The van der Waals surface area contributed by atoms with E-state index in [1.165, 1.54) is 22.3 Å². The van der Waals surface area contributed by atoms with Crippen LogP contribution in [0.5, 0.6) is 11.5 Å². The maximum atomic E-state index is 9.48. The molecule has 1 aromatic heterocycles. The average Bonchev–Trinajstić information content (AvgIpc) is 3.58. The fourth-order valence-corrected chi connectivity index (χ4v) is 8.90. The van der Waals surface area contributed by atoms with Gasteiger partial charge in [-0.15, -0.1) is 0 Å². The summed E-state index contributed by atoms with van der Waals surface area (Å²) in [6, 6.07) is 72.0. The molecule has 0 N–H and O–H groups in total. The highest BCUT2D eigenvalue weighted by molar-refractivity contribution is 5.92. The van der Waals surface area contributed by atoms with Crippen molar-refractivity contribution in [2.75, 3.05) is 0 Å². The first-order valence-electron chi connectivity index (χ1n) is 19.4. The average molecular weight is 740 g/mol. The molecular weight excluding hydrogens is 707 g/mol. The second-order valence-electron chi connectivity index (χ2n) is 14.8. The molecule has 1 spiro atoms. The van der Waals surface area contributed by atoms with E-state index in [2.05, 4.69) is 133 Å². The first-order valence-corrected chi connectivity index (χ1v) is 19.4. The summed E-state index contributed by atoms with van der Waals surface area (Å²) in [4.78, 5) is 10.1. The number of para-hydroxylation sites is 2. The molecule has 2 heterocycles. The summed E-state index contributed by atoms with van der Waals surface area (Å²) in [6.45, 7) is 0. The molecule has 9 aromatic rings. The van der Waals surface area contributed by atoms with Crippen LogP contribution < -0.4 is 4.74 Å². The van der Waals surface area contributed by atoms with Crippen LogP contribution in [-0.4, -0.2) is 9.97 Å². The van der Waals surface area contributed by atoms with Crippen molar-refractivity contribution in [2.45, 2.75) is 5.41 Å². The van der Waals surface area contributed by atoms with Gasteiger partial charge in [0.2, 0.25) is 0 Å². The van der Waals surface area contributed by atoms with E-state index < -0.39 is 5.41 Å². The van der Waals surface area contributed by atoms with Crippen LogP contribution in [0.1, 0.15) is 27.8 Å². The molecule has 58 heavy (non-hydrogen) atoms. The van der Waals surface area contributed by atoms with Gasteiger partial charge in [0.25, 0.3) is 0 Å². The molecule has 4 nitrogen and oxygen atoms in total. The summed E-state index contributed by atoms with van der Waals surface area (Å²) in [7, 11) is 0. The zero-order chi connectivity index (χ0) is 38.6. The maximum Gasteiger partial charge on any atom is 0.160 e. The van der Waals surface area contributed by atoms with E-state index in [1.807, 2.05) is 72.8 Å². The minimum Gasteiger partial charge on any atom is -0.457 e. The van der Waals surface area contributed by atoms with Gasteiger partial charge in [-0.1, -0.05) is 158 Å². The van der Waals surface area contributed by atoms with Gasteiger partial charge in [-0.05, 0) is 87.0 Å². The number of hydrogen-bond donors (Lipinski definition) is 0. The molecule has 0 fully saturated rings. The van der Waals surface area contributed by atoms with Crippen molar-refractivity contribution in [1.29, 1.82) is 5.26 Å². The fourth-order valence-electron chi connectivity index (χ4n) is 8.90. The molecule has 0 radical (unpaired) electrons. The number of ether oxygens (including phenoxy) is 1. The molecule has 0 saturated carbocycles. The number of benzene rings is 8. The Morgan fingerprint density at radius 3 is 1.34 bits per heavy atom. The maximum absolute atomic E-state index is 9.48. The van der Waals surface area contributed by atoms with Crippen molar-refractivity contribution in [3.63, 3.8) is 0 Å². The van der Waals surface area contributed by atoms with Crippen LogP contribution in [0.4, 0.5) is 0 Å². The third kappa shape index (κ3) is 5.29. The quantitative estimate of drug-likeness (QED) is 0.176. The smallest absolute Gasteiger partial charge is 0.160 e. The third-order valence-corrected chi connectivity index (χ3v) is 11.6. The number of aromatic nitrogens is 2. The molecule has 11 rings (SSSR count). The normalized spacial score (nSPS) is 12.7. The first kappa shape index (κ1) is 33.5. The van der Waals surface area contributed by atoms with Gasteiger partial charge in [0.1, 0.15) is 11.5 Å². The predicted molar refractivity (Wildman–Crippen MR) is 231 cm³/mol. The lowest BCUT2D eigenvalue weighted by Gasteiger charge is -2.39. The van der Waals surface area contributed by atoms with Gasteiger partial charge in [0.15, 0.2) is 5.82 Å². The minimum absolute atomic E-state index is 0.628. The Morgan fingerprint density at radius 1 is 0.379 bits per heavy atom. The van der Waals surface area contributed by atoms with Gasteiger partial charge in [0.05, 0.1) is 28.4 Å². The first-order chi connectivity index (χ1) is 28.7. The van der Waals surface area contributed by atoms with Crippen molar-refractivity contribution in [2.24, 2.45) is 0 Å². The van der Waals surface area contributed by atoms with Gasteiger partial charge in [-0.25, -0.2) is 9.97 Å². The molecule has 0 unspecified atom stereocenters. The van der Waals surface area contributed by atoms with Gasteiger partial charge in [-0.3, -0.25) is 0 Å². The Kier molecular flexibility index (Phi) is 7.74. The highest BCUT2D eigenvalue weighted by Crippen LogP contribution is 2.62. The lowest BCUT2D eigenvalue weighted by molar-refractivity contribution is 0.436. The summed E-state index contributed by atoms with van der Waals surface area (Å²) in [5.41, 5.74) is 16.3. The van der Waals surface area contributed by atoms with Crippen molar-refractivity contribution in [3.8, 4) is 84.9 Å². The summed E-state index contributed by atoms with van der Waals surface area (Å²) in [5, 5.41) is 9.48. The molecule has 0 saturated heterocycles. The molecule has 1 aliphatic carbocycles. The van der Waals surface area contributed by atoms with E-state index in [9.17, 15) is 5.26 Å². The number of hydrogen-bond acceptors (Lipinski definition) is 4. The van der Waals surface area contributed by atoms with E-state index in [0.29, 0.717) is 11.4 Å². The number of fused-ring (bicyclic) bond motifs is 9. The van der Waals surface area contributed by atoms with Crippen LogP contribution in [0.3, 0.4) is 0 Å². The standard InChI is InChI=1S/C54H33N3O/c55-34-35-19-21-36(22-20-35)41-27-29-43-44-30-28-42(32-48(44)54(47(43)31-41)45-15-7-9-17-51(45)58-52-18-10-8-16-46(52)54)37-23-25-39(26-24-37)50-33-49(38-11-3-1-4-12-38)56-53(57-50)40-13-5-2-6-14-40/h1-33H. The van der Waals surface area contributed by atoms with E-state index >= 15 is 0 Å². The van der Waals surface area contributed by atoms with Crippen LogP contribution >= 0.6 is 0 Å². The SMILES string of the molecule is N#Cc1ccc(-c2ccc3c(c2)C2(c4ccccc4Oc4ccccc42)c2cc(-c4ccc(-c5cc(-c6ccccc6)nc(-c6ccccc6)n5)cc4)ccc2-3)cc1. The van der Waals surface area contributed by atoms with Gasteiger partial charge >= 0.3 is 0 Å². The van der Waals surface area contributed by atoms with E-state index in [4.69, 9.17) is 14.7 Å². The lowest BCUT2D eigenvalue weighted by atomic mass is 9.65. The highest BCUT2D eigenvalue weighted by Gasteiger charge is 2.51. The summed E-state index contributed by atoms with van der Waals surface area (Å²) < 4.78 is 6.64. The van der Waals surface area contributed by atoms with E-state index in [-0.39, 0.29) is 0 Å². The van der Waals surface area contributed by atoms with Crippen molar-refractivity contribution < 1.29 is 4.74 Å². The zero-order valence-electron chi connectivity index (χ0n) is 31.3. The number of rotatable bonds is 5. The molecule has 0 atom stereocenters. The summed E-state index contributed by atoms with van der Waals surface area (Å²) >= 11 is 0. The second kappa shape index (κ2) is 13.4. The number of nitrogens with zero attached hydrogens (tertiary/aromatic N) is 3. The summed E-state index contributed by atoms with van der Waals surface area (Å²) in [5.74, 6) is 2.41. The van der Waals surface area contributed by atoms with Crippen LogP contribution in [0.15, 0.2) is 200 Å². The van der Waals surface area contributed by atoms with Gasteiger partial charge in [-0.2, -0.15) is 5.26 Å². The van der Waals surface area contributed by atoms with Crippen LogP contribution in [-0.2, 0) is 5.41 Å². The van der Waals surface area contributed by atoms with Gasteiger partial charge in [0, 0.05) is 27.8 Å². The van der Waals surface area contributed by atoms with Crippen molar-refractivity contribution in [1.82, 2.24) is 9.97 Å². The van der Waals surface area contributed by atoms with Crippen molar-refractivity contribution >= 4 is 0 Å². The van der Waals surface area contributed by atoms with Crippen molar-refractivity contribution in [3.05, 3.63) is 228 Å². The Labute approximate surface area is 337 Å². The molecule has 1 aliphatic heterocycles. The summed E-state index contributed by atoms with van der Waals surface area (Å²) in [6.07, 6.45) is 0. The second-order valence-corrected chi connectivity index (χ2v) is 14.8. The fraction of sp³-hybridized carbons (Fsp3) is 0.0185. The molecular formula is C54H33N3O. The van der Waals surface area contributed by atoms with E-state index in [1.54, 1.807) is 0 Å².